The van der Waals surface area contributed by atoms with Gasteiger partial charge >= 0.3 is 5.97 Å². The molecule has 15 heavy (non-hydrogen) atoms. The molecule has 0 atom stereocenters. The molecule has 0 amide bonds. The van der Waals surface area contributed by atoms with Crippen LogP contribution in [-0.2, 0) is 16.1 Å². The number of nitrogens with zero attached hydrogens (tertiary/aromatic N) is 1. The fourth-order valence-electron chi connectivity index (χ4n) is 1.07. The molecule has 0 N–H and O–H groups in total. The highest BCUT2D eigenvalue weighted by Gasteiger charge is 2.04. The number of carbonyl (C=O) groups excluding carboxylic acids is 1. The zero-order chi connectivity index (χ0) is 11.1. The maximum Gasteiger partial charge on any atom is 0.339 e. The second-order valence-electron chi connectivity index (χ2n) is 3.08. The summed E-state index contributed by atoms with van der Waals surface area (Å²) in [6.45, 7) is 3.25. The van der Waals surface area contributed by atoms with Gasteiger partial charge < -0.3 is 9.47 Å². The Kier molecular flexibility index (Phi) is 4.77. The van der Waals surface area contributed by atoms with Crippen LogP contribution in [0.2, 0.25) is 0 Å². The van der Waals surface area contributed by atoms with E-state index in [1.54, 1.807) is 12.1 Å². The van der Waals surface area contributed by atoms with Crippen molar-refractivity contribution in [2.75, 3.05) is 13.7 Å². The maximum atomic E-state index is 11.1. The molecule has 1 heterocycles. The standard InChI is InChI=1S/C11H15NO3/c1-3-6-15-8-10-5-4-9(7-12-10)11(13)14-2/h4-5,7H,3,6,8H2,1-2H3. The van der Waals surface area contributed by atoms with Gasteiger partial charge in [0.05, 0.1) is 25.0 Å². The first kappa shape index (κ1) is 11.7. The first-order valence-corrected chi connectivity index (χ1v) is 4.89. The van der Waals surface area contributed by atoms with E-state index in [0.29, 0.717) is 12.2 Å². The molecular weight excluding hydrogens is 194 g/mol. The van der Waals surface area contributed by atoms with Crippen LogP contribution in [0.15, 0.2) is 18.3 Å². The summed E-state index contributed by atoms with van der Waals surface area (Å²) in [4.78, 5) is 15.2. The normalized spacial score (nSPS) is 10.0. The number of hydrogen-bond acceptors (Lipinski definition) is 4. The molecule has 1 aromatic rings. The highest BCUT2D eigenvalue weighted by molar-refractivity contribution is 5.88. The minimum atomic E-state index is -0.372. The first-order valence-electron chi connectivity index (χ1n) is 4.89. The summed E-state index contributed by atoms with van der Waals surface area (Å²) in [5.41, 5.74) is 1.27. The van der Waals surface area contributed by atoms with E-state index in [4.69, 9.17) is 4.74 Å². The minimum absolute atomic E-state index is 0.372. The molecule has 0 aliphatic heterocycles. The minimum Gasteiger partial charge on any atom is -0.465 e. The number of rotatable bonds is 5. The van der Waals surface area contributed by atoms with Crippen LogP contribution in [0, 0.1) is 0 Å². The van der Waals surface area contributed by atoms with Crippen LogP contribution in [-0.4, -0.2) is 24.7 Å². The molecule has 0 aliphatic rings. The molecular formula is C11H15NO3. The van der Waals surface area contributed by atoms with Crippen LogP contribution in [0.4, 0.5) is 0 Å². The zero-order valence-electron chi connectivity index (χ0n) is 9.03. The van der Waals surface area contributed by atoms with Crippen molar-refractivity contribution in [1.82, 2.24) is 4.98 Å². The average molecular weight is 209 g/mol. The molecule has 0 radical (unpaired) electrons. The summed E-state index contributed by atoms with van der Waals surface area (Å²) in [6.07, 6.45) is 2.48. The lowest BCUT2D eigenvalue weighted by Crippen LogP contribution is -2.03. The van der Waals surface area contributed by atoms with Gasteiger partial charge in [-0.1, -0.05) is 6.92 Å². The molecule has 4 nitrogen and oxygen atoms in total. The van der Waals surface area contributed by atoms with Crippen molar-refractivity contribution in [2.24, 2.45) is 0 Å². The molecule has 0 fully saturated rings. The Morgan fingerprint density at radius 3 is 2.80 bits per heavy atom. The molecule has 0 saturated heterocycles. The Bertz CT molecular complexity index is 308. The van der Waals surface area contributed by atoms with Gasteiger partial charge in [0.2, 0.25) is 0 Å². The highest BCUT2D eigenvalue weighted by Crippen LogP contribution is 2.03. The molecule has 0 spiro atoms. The third-order valence-corrected chi connectivity index (χ3v) is 1.84. The third-order valence-electron chi connectivity index (χ3n) is 1.84. The van der Waals surface area contributed by atoms with Crippen molar-refractivity contribution >= 4 is 5.97 Å². The Labute approximate surface area is 89.2 Å². The molecule has 0 saturated carbocycles. The predicted molar refractivity (Wildman–Crippen MR) is 55.5 cm³/mol. The fraction of sp³-hybridized carbons (Fsp3) is 0.455. The summed E-state index contributed by atoms with van der Waals surface area (Å²) < 4.78 is 9.88. The summed E-state index contributed by atoms with van der Waals surface area (Å²) in [5.74, 6) is -0.372. The Morgan fingerprint density at radius 1 is 1.47 bits per heavy atom. The van der Waals surface area contributed by atoms with E-state index in [0.717, 1.165) is 18.7 Å². The summed E-state index contributed by atoms with van der Waals surface area (Å²) in [7, 11) is 1.35. The van der Waals surface area contributed by atoms with Crippen LogP contribution >= 0.6 is 0 Å². The Morgan fingerprint density at radius 2 is 2.27 bits per heavy atom. The predicted octanol–water partition coefficient (Wildman–Crippen LogP) is 1.79. The summed E-state index contributed by atoms with van der Waals surface area (Å²) in [6, 6.07) is 3.45. The molecule has 1 rings (SSSR count). The second-order valence-corrected chi connectivity index (χ2v) is 3.08. The monoisotopic (exact) mass is 209 g/mol. The van der Waals surface area contributed by atoms with Gasteiger partial charge in [-0.05, 0) is 18.6 Å². The molecule has 0 aromatic carbocycles. The Balaban J connectivity index is 2.52. The van der Waals surface area contributed by atoms with Crippen LogP contribution in [0.3, 0.4) is 0 Å². The summed E-state index contributed by atoms with van der Waals surface area (Å²) in [5, 5.41) is 0. The van der Waals surface area contributed by atoms with Crippen molar-refractivity contribution in [3.8, 4) is 0 Å². The number of carbonyl (C=O) groups is 1. The van der Waals surface area contributed by atoms with Crippen molar-refractivity contribution in [3.05, 3.63) is 29.6 Å². The van der Waals surface area contributed by atoms with Crippen molar-refractivity contribution in [3.63, 3.8) is 0 Å². The quantitative estimate of drug-likeness (QED) is 0.548. The van der Waals surface area contributed by atoms with Gasteiger partial charge in [0, 0.05) is 12.8 Å². The largest absolute Gasteiger partial charge is 0.465 e. The first-order chi connectivity index (χ1) is 7.27. The lowest BCUT2D eigenvalue weighted by Gasteiger charge is -2.02. The van der Waals surface area contributed by atoms with Crippen LogP contribution in [0.1, 0.15) is 29.4 Å². The molecule has 0 bridgehead atoms. The Hall–Kier alpha value is -1.42. The number of methoxy groups -OCH3 is 1. The van der Waals surface area contributed by atoms with Gasteiger partial charge in [0.1, 0.15) is 0 Å². The van der Waals surface area contributed by atoms with Crippen LogP contribution < -0.4 is 0 Å². The van der Waals surface area contributed by atoms with Crippen molar-refractivity contribution in [2.45, 2.75) is 20.0 Å². The van der Waals surface area contributed by atoms with Crippen LogP contribution in [0.5, 0.6) is 0 Å². The maximum absolute atomic E-state index is 11.1. The molecule has 0 aliphatic carbocycles. The van der Waals surface area contributed by atoms with Crippen LogP contribution in [0.25, 0.3) is 0 Å². The topological polar surface area (TPSA) is 48.4 Å². The van der Waals surface area contributed by atoms with Gasteiger partial charge in [0.25, 0.3) is 0 Å². The van der Waals surface area contributed by atoms with Gasteiger partial charge in [-0.2, -0.15) is 0 Å². The lowest BCUT2D eigenvalue weighted by molar-refractivity contribution is 0.0600. The van der Waals surface area contributed by atoms with Gasteiger partial charge in [-0.15, -0.1) is 0 Å². The summed E-state index contributed by atoms with van der Waals surface area (Å²) >= 11 is 0. The third kappa shape index (κ3) is 3.67. The van der Waals surface area contributed by atoms with E-state index in [1.165, 1.54) is 13.3 Å². The number of aromatic nitrogens is 1. The van der Waals surface area contributed by atoms with Gasteiger partial charge in [-0.3, -0.25) is 4.98 Å². The number of ether oxygens (including phenoxy) is 2. The van der Waals surface area contributed by atoms with Gasteiger partial charge in [-0.25, -0.2) is 4.79 Å². The van der Waals surface area contributed by atoms with E-state index < -0.39 is 0 Å². The average Bonchev–Trinajstić information content (AvgIpc) is 2.29. The van der Waals surface area contributed by atoms with E-state index in [9.17, 15) is 4.79 Å². The SMILES string of the molecule is CCCOCc1ccc(C(=O)OC)cn1. The van der Waals surface area contributed by atoms with E-state index >= 15 is 0 Å². The van der Waals surface area contributed by atoms with Crippen molar-refractivity contribution in [1.29, 1.82) is 0 Å². The fourth-order valence-corrected chi connectivity index (χ4v) is 1.07. The zero-order valence-corrected chi connectivity index (χ0v) is 9.03. The molecule has 1 aromatic heterocycles. The lowest BCUT2D eigenvalue weighted by atomic mass is 10.2. The van der Waals surface area contributed by atoms with Crippen molar-refractivity contribution < 1.29 is 14.3 Å². The van der Waals surface area contributed by atoms with Gasteiger partial charge in [0.15, 0.2) is 0 Å². The van der Waals surface area contributed by atoms with E-state index in [2.05, 4.69) is 9.72 Å². The molecule has 82 valence electrons. The number of esters is 1. The molecule has 0 unspecified atom stereocenters. The highest BCUT2D eigenvalue weighted by atomic mass is 16.5. The second kappa shape index (κ2) is 6.14. The number of pyridine rings is 1. The smallest absolute Gasteiger partial charge is 0.339 e. The van der Waals surface area contributed by atoms with E-state index in [-0.39, 0.29) is 5.97 Å². The van der Waals surface area contributed by atoms with E-state index in [1.807, 2.05) is 6.92 Å². The number of hydrogen-bond donors (Lipinski definition) is 0. The molecule has 4 heteroatoms.